The van der Waals surface area contributed by atoms with Gasteiger partial charge in [-0.2, -0.15) is 0 Å². The Hall–Kier alpha value is -2.96. The third kappa shape index (κ3) is 4.51. The minimum Gasteiger partial charge on any atom is -0.497 e. The van der Waals surface area contributed by atoms with E-state index in [2.05, 4.69) is 52.6 Å². The van der Waals surface area contributed by atoms with Crippen LogP contribution in [-0.2, 0) is 0 Å². The molecule has 4 nitrogen and oxygen atoms in total. The second-order valence-corrected chi connectivity index (χ2v) is 10.9. The average molecular weight is 547 g/mol. The molecule has 0 spiro atoms. The van der Waals surface area contributed by atoms with Crippen LogP contribution in [0.5, 0.6) is 5.75 Å². The fraction of sp³-hybridized carbons (Fsp3) is 0.167. The number of likely N-dealkylation sites (N-methyl/N-ethyl adjacent to an activating group) is 1. The number of hydrogen-bond donors (Lipinski definition) is 0. The van der Waals surface area contributed by atoms with Crippen LogP contribution in [-0.4, -0.2) is 42.2 Å². The molecule has 3 aliphatic heterocycles. The van der Waals surface area contributed by atoms with E-state index >= 15 is 0 Å². The van der Waals surface area contributed by atoms with E-state index in [-0.39, 0.29) is 6.04 Å². The van der Waals surface area contributed by atoms with E-state index in [1.54, 1.807) is 18.9 Å². The molecule has 6 rings (SSSR count). The zero-order chi connectivity index (χ0) is 25.5. The number of hydrogen-bond acceptors (Lipinski definition) is 5. The van der Waals surface area contributed by atoms with Gasteiger partial charge in [0, 0.05) is 28.5 Å². The van der Waals surface area contributed by atoms with Gasteiger partial charge in [0.15, 0.2) is 5.17 Å². The molecular formula is C30H25Cl2N3OS. The van der Waals surface area contributed by atoms with E-state index in [9.17, 15) is 0 Å². The molecule has 3 aromatic rings. The van der Waals surface area contributed by atoms with Crippen molar-refractivity contribution in [1.29, 1.82) is 0 Å². The second-order valence-electron chi connectivity index (χ2n) is 9.28. The Morgan fingerprint density at radius 1 is 0.946 bits per heavy atom. The summed E-state index contributed by atoms with van der Waals surface area (Å²) in [5.74, 6) is 0.832. The van der Waals surface area contributed by atoms with Gasteiger partial charge >= 0.3 is 0 Å². The number of thioether (sulfide) groups is 1. The fourth-order valence-electron chi connectivity index (χ4n) is 5.15. The number of ether oxygens (including phenoxy) is 1. The Morgan fingerprint density at radius 3 is 2.41 bits per heavy atom. The van der Waals surface area contributed by atoms with Gasteiger partial charge in [-0.05, 0) is 77.4 Å². The zero-order valence-electron chi connectivity index (χ0n) is 20.5. The number of aliphatic imine (C=N–C) groups is 1. The second kappa shape index (κ2) is 10.1. The highest BCUT2D eigenvalue weighted by Gasteiger charge is 2.41. The van der Waals surface area contributed by atoms with Crippen LogP contribution < -0.4 is 4.74 Å². The highest BCUT2D eigenvalue weighted by Crippen LogP contribution is 2.50. The van der Waals surface area contributed by atoms with Crippen molar-refractivity contribution < 1.29 is 4.74 Å². The summed E-state index contributed by atoms with van der Waals surface area (Å²) in [5, 5.41) is 4.61. The number of halogens is 2. The first-order valence-corrected chi connectivity index (χ1v) is 13.7. The summed E-state index contributed by atoms with van der Waals surface area (Å²) in [6, 6.07) is 24.2. The van der Waals surface area contributed by atoms with Crippen molar-refractivity contribution in [2.24, 2.45) is 4.99 Å². The van der Waals surface area contributed by atoms with Gasteiger partial charge in [-0.15, -0.1) is 0 Å². The van der Waals surface area contributed by atoms with Crippen LogP contribution in [0.3, 0.4) is 0 Å². The molecular weight excluding hydrogens is 521 g/mol. The van der Waals surface area contributed by atoms with E-state index in [1.165, 1.54) is 5.57 Å². The Morgan fingerprint density at radius 2 is 1.68 bits per heavy atom. The van der Waals surface area contributed by atoms with E-state index < -0.39 is 0 Å². The van der Waals surface area contributed by atoms with Crippen molar-refractivity contribution in [1.82, 2.24) is 9.80 Å². The van der Waals surface area contributed by atoms with Crippen molar-refractivity contribution in [3.05, 3.63) is 122 Å². The lowest BCUT2D eigenvalue weighted by molar-refractivity contribution is 0.344. The van der Waals surface area contributed by atoms with E-state index in [1.807, 2.05) is 48.5 Å². The predicted octanol–water partition coefficient (Wildman–Crippen LogP) is 7.74. The first kappa shape index (κ1) is 24.4. The van der Waals surface area contributed by atoms with Crippen LogP contribution in [0.4, 0.5) is 0 Å². The molecule has 0 saturated heterocycles. The molecule has 7 heteroatoms. The van der Waals surface area contributed by atoms with Gasteiger partial charge in [-0.25, -0.2) is 4.99 Å². The summed E-state index contributed by atoms with van der Waals surface area (Å²) < 4.78 is 5.39. The Labute approximate surface area is 231 Å². The third-order valence-electron chi connectivity index (χ3n) is 6.85. The number of nitrogens with zero attached hydrogens (tertiary/aromatic N) is 3. The van der Waals surface area contributed by atoms with Crippen LogP contribution in [0.15, 0.2) is 100 Å². The predicted molar refractivity (Wildman–Crippen MR) is 156 cm³/mol. The van der Waals surface area contributed by atoms with Gasteiger partial charge in [0.25, 0.3) is 0 Å². The summed E-state index contributed by atoms with van der Waals surface area (Å²) in [4.78, 5) is 9.91. The largest absolute Gasteiger partial charge is 0.497 e. The monoisotopic (exact) mass is 545 g/mol. The maximum atomic E-state index is 6.86. The molecule has 3 heterocycles. The lowest BCUT2D eigenvalue weighted by Gasteiger charge is -2.42. The van der Waals surface area contributed by atoms with Crippen LogP contribution in [0.2, 0.25) is 10.0 Å². The smallest absolute Gasteiger partial charge is 0.174 e. The lowest BCUT2D eigenvalue weighted by Crippen LogP contribution is -2.40. The van der Waals surface area contributed by atoms with E-state index in [0.29, 0.717) is 0 Å². The zero-order valence-corrected chi connectivity index (χ0v) is 22.8. The Bertz CT molecular complexity index is 1490. The maximum Gasteiger partial charge on any atom is 0.174 e. The number of methoxy groups -OCH3 is 1. The molecule has 3 aromatic carbocycles. The molecule has 0 bridgehead atoms. The molecule has 3 aliphatic rings. The third-order valence-corrected chi connectivity index (χ3v) is 8.38. The van der Waals surface area contributed by atoms with Crippen molar-refractivity contribution in [2.45, 2.75) is 6.04 Å². The normalized spacial score (nSPS) is 20.5. The van der Waals surface area contributed by atoms with E-state index in [4.69, 9.17) is 32.9 Å². The summed E-state index contributed by atoms with van der Waals surface area (Å²) in [6.45, 7) is 1.58. The van der Waals surface area contributed by atoms with Crippen molar-refractivity contribution >= 4 is 51.9 Å². The standard InChI is InChI=1S/C30H25Cl2N3OS/c1-34-16-21(15-20-7-3-5-9-25(20)31)28-24(17-34)29(23-8-4-6-10-26(23)32)35-27(18-37-30(35)33-28)19-11-13-22(36-2)14-12-19/h3-15,18,29H,16-17H2,1-2H3. The quantitative estimate of drug-likeness (QED) is 0.335. The molecule has 0 radical (unpaired) electrons. The molecule has 37 heavy (non-hydrogen) atoms. The van der Waals surface area contributed by atoms with Gasteiger partial charge in [-0.3, -0.25) is 4.90 Å². The van der Waals surface area contributed by atoms with E-state index in [0.717, 1.165) is 67.7 Å². The first-order valence-electron chi connectivity index (χ1n) is 12.0. The lowest BCUT2D eigenvalue weighted by atomic mass is 9.88. The summed E-state index contributed by atoms with van der Waals surface area (Å²) in [6.07, 6.45) is 2.17. The molecule has 1 unspecified atom stereocenters. The van der Waals surface area contributed by atoms with Crippen molar-refractivity contribution in [3.8, 4) is 5.75 Å². The van der Waals surface area contributed by atoms with Gasteiger partial charge in [0.05, 0.1) is 24.5 Å². The summed E-state index contributed by atoms with van der Waals surface area (Å²) in [7, 11) is 3.83. The number of rotatable bonds is 4. The Balaban J connectivity index is 1.52. The molecule has 0 fully saturated rings. The molecule has 0 N–H and O–H groups in total. The van der Waals surface area contributed by atoms with Crippen LogP contribution in [0.1, 0.15) is 22.7 Å². The van der Waals surface area contributed by atoms with Gasteiger partial charge < -0.3 is 9.64 Å². The van der Waals surface area contributed by atoms with Gasteiger partial charge in [0.2, 0.25) is 0 Å². The SMILES string of the molecule is COc1ccc(C2=CSC3=NC4=C(CN(C)CC4=Cc4ccccc4Cl)C(c4ccccc4Cl)N23)cc1. The number of benzene rings is 3. The minimum absolute atomic E-state index is 0.0862. The summed E-state index contributed by atoms with van der Waals surface area (Å²) >= 11 is 15.0. The molecule has 186 valence electrons. The van der Waals surface area contributed by atoms with Crippen molar-refractivity contribution in [3.63, 3.8) is 0 Å². The molecule has 0 saturated carbocycles. The van der Waals surface area contributed by atoms with Gasteiger partial charge in [0.1, 0.15) is 5.75 Å². The molecule has 0 amide bonds. The highest BCUT2D eigenvalue weighted by atomic mass is 35.5. The minimum atomic E-state index is -0.0862. The summed E-state index contributed by atoms with van der Waals surface area (Å²) in [5.41, 5.74) is 7.69. The number of amidine groups is 1. The van der Waals surface area contributed by atoms with Crippen LogP contribution in [0.25, 0.3) is 11.8 Å². The topological polar surface area (TPSA) is 28.1 Å². The van der Waals surface area contributed by atoms with Gasteiger partial charge in [-0.1, -0.05) is 71.4 Å². The van der Waals surface area contributed by atoms with Crippen LogP contribution in [0, 0.1) is 0 Å². The maximum absolute atomic E-state index is 6.86. The average Bonchev–Trinajstić information content (AvgIpc) is 3.33. The molecule has 1 atom stereocenters. The first-order chi connectivity index (χ1) is 18.0. The molecule has 0 aromatic heterocycles. The molecule has 0 aliphatic carbocycles. The van der Waals surface area contributed by atoms with Crippen LogP contribution >= 0.6 is 35.0 Å². The number of fused-ring (bicyclic) bond motifs is 1. The highest BCUT2D eigenvalue weighted by molar-refractivity contribution is 8.16. The van der Waals surface area contributed by atoms with Crippen molar-refractivity contribution in [2.75, 3.05) is 27.2 Å². The fourth-order valence-corrected chi connectivity index (χ4v) is 6.50. The Kier molecular flexibility index (Phi) is 6.63.